The average Bonchev–Trinajstić information content (AvgIpc) is 2.82. The third-order valence-electron chi connectivity index (χ3n) is 4.84. The van der Waals surface area contributed by atoms with Crippen LogP contribution in [-0.4, -0.2) is 71.6 Å². The van der Waals surface area contributed by atoms with E-state index in [9.17, 15) is 15.0 Å². The second kappa shape index (κ2) is 6.74. The minimum atomic E-state index is -0.805. The van der Waals surface area contributed by atoms with Crippen molar-refractivity contribution >= 4 is 11.7 Å². The molecular formula is C16H24N4O3. The van der Waals surface area contributed by atoms with Crippen LogP contribution in [-0.2, 0) is 0 Å². The first-order valence-electron chi connectivity index (χ1n) is 8.02. The van der Waals surface area contributed by atoms with E-state index < -0.39 is 24.3 Å². The topological polar surface area (TPSA) is 102 Å². The molecule has 126 valence electrons. The second-order valence-corrected chi connectivity index (χ2v) is 6.26. The second-order valence-electron chi connectivity index (χ2n) is 6.26. The van der Waals surface area contributed by atoms with Crippen LogP contribution in [0, 0.1) is 0 Å². The number of amides is 2. The lowest BCUT2D eigenvalue weighted by Crippen LogP contribution is -2.57. The molecule has 0 spiro atoms. The summed E-state index contributed by atoms with van der Waals surface area (Å²) in [5, 5.41) is 23.2. The predicted molar refractivity (Wildman–Crippen MR) is 87.2 cm³/mol. The SMILES string of the molecule is NC(=O)N[C@@H]1C[C@H](O)[C@@H](N2CCN(c3ccccc3)CC2)[C@@H]1O. The zero-order valence-corrected chi connectivity index (χ0v) is 13.0. The minimum absolute atomic E-state index is 0.327. The Bertz CT molecular complexity index is 533. The highest BCUT2D eigenvalue weighted by atomic mass is 16.3. The van der Waals surface area contributed by atoms with E-state index in [1.54, 1.807) is 0 Å². The lowest BCUT2D eigenvalue weighted by atomic mass is 10.1. The van der Waals surface area contributed by atoms with Gasteiger partial charge in [-0.15, -0.1) is 0 Å². The maximum absolute atomic E-state index is 11.0. The van der Waals surface area contributed by atoms with E-state index in [1.165, 1.54) is 5.69 Å². The number of nitrogens with one attached hydrogen (secondary N) is 1. The number of anilines is 1. The molecule has 0 radical (unpaired) electrons. The Morgan fingerprint density at radius 1 is 1.13 bits per heavy atom. The zero-order chi connectivity index (χ0) is 16.4. The number of para-hydroxylation sites is 1. The molecular weight excluding hydrogens is 296 g/mol. The molecule has 1 aromatic carbocycles. The summed E-state index contributed by atoms with van der Waals surface area (Å²) in [5.41, 5.74) is 6.31. The molecule has 1 aliphatic carbocycles. The number of carbonyl (C=O) groups is 1. The molecule has 1 saturated carbocycles. The summed E-state index contributed by atoms with van der Waals surface area (Å²) in [7, 11) is 0. The van der Waals surface area contributed by atoms with Gasteiger partial charge in [0, 0.05) is 31.9 Å². The van der Waals surface area contributed by atoms with Gasteiger partial charge in [0.15, 0.2) is 0 Å². The molecule has 2 amide bonds. The first kappa shape index (κ1) is 16.0. The summed E-state index contributed by atoms with van der Waals surface area (Å²) >= 11 is 0. The fourth-order valence-corrected chi connectivity index (χ4v) is 3.71. The average molecular weight is 320 g/mol. The summed E-state index contributed by atoms with van der Waals surface area (Å²) in [6, 6.07) is 8.69. The van der Waals surface area contributed by atoms with Crippen LogP contribution in [0.5, 0.6) is 0 Å². The number of aliphatic hydroxyl groups is 2. The van der Waals surface area contributed by atoms with Gasteiger partial charge in [0.2, 0.25) is 0 Å². The largest absolute Gasteiger partial charge is 0.391 e. The summed E-state index contributed by atoms with van der Waals surface area (Å²) in [6.45, 7) is 3.20. The quantitative estimate of drug-likeness (QED) is 0.592. The fourth-order valence-electron chi connectivity index (χ4n) is 3.71. The van der Waals surface area contributed by atoms with Gasteiger partial charge in [-0.05, 0) is 18.6 Å². The Balaban J connectivity index is 1.60. The standard InChI is InChI=1S/C16H24N4O3/c17-16(23)18-12-10-13(21)14(15(12)22)20-8-6-19(7-9-20)11-4-2-1-3-5-11/h1-5,12-15,21-22H,6-10H2,(H3,17,18,23)/t12-,13+,14-,15-/m1/s1. The van der Waals surface area contributed by atoms with Crippen molar-refractivity contribution in [2.45, 2.75) is 30.7 Å². The number of aliphatic hydroxyl groups excluding tert-OH is 2. The Kier molecular flexibility index (Phi) is 4.70. The Morgan fingerprint density at radius 3 is 2.39 bits per heavy atom. The third-order valence-corrected chi connectivity index (χ3v) is 4.84. The molecule has 1 aliphatic heterocycles. The zero-order valence-electron chi connectivity index (χ0n) is 13.0. The minimum Gasteiger partial charge on any atom is -0.391 e. The van der Waals surface area contributed by atoms with Gasteiger partial charge in [-0.2, -0.15) is 0 Å². The number of hydrogen-bond donors (Lipinski definition) is 4. The molecule has 7 heteroatoms. The summed E-state index contributed by atoms with van der Waals surface area (Å²) in [6.07, 6.45) is -1.14. The lowest BCUT2D eigenvalue weighted by molar-refractivity contribution is 0.00604. The van der Waals surface area contributed by atoms with Crippen molar-refractivity contribution in [2.75, 3.05) is 31.1 Å². The molecule has 2 fully saturated rings. The molecule has 0 unspecified atom stereocenters. The highest BCUT2D eigenvalue weighted by Crippen LogP contribution is 2.27. The molecule has 1 heterocycles. The van der Waals surface area contributed by atoms with Crippen LogP contribution in [0.1, 0.15) is 6.42 Å². The molecule has 4 atom stereocenters. The normalized spacial score (nSPS) is 32.0. The van der Waals surface area contributed by atoms with Crippen LogP contribution < -0.4 is 16.0 Å². The summed E-state index contributed by atoms with van der Waals surface area (Å²) in [5.74, 6) is 0. The van der Waals surface area contributed by atoms with Crippen molar-refractivity contribution in [3.8, 4) is 0 Å². The van der Waals surface area contributed by atoms with Gasteiger partial charge < -0.3 is 26.2 Å². The Hall–Kier alpha value is -1.83. The van der Waals surface area contributed by atoms with Crippen molar-refractivity contribution in [1.29, 1.82) is 0 Å². The van der Waals surface area contributed by atoms with E-state index in [1.807, 2.05) is 18.2 Å². The molecule has 2 aliphatic rings. The van der Waals surface area contributed by atoms with Gasteiger partial charge in [-0.25, -0.2) is 4.79 Å². The van der Waals surface area contributed by atoms with E-state index >= 15 is 0 Å². The van der Waals surface area contributed by atoms with Crippen LogP contribution in [0.25, 0.3) is 0 Å². The van der Waals surface area contributed by atoms with Crippen LogP contribution >= 0.6 is 0 Å². The number of nitrogens with two attached hydrogens (primary N) is 1. The fraction of sp³-hybridized carbons (Fsp3) is 0.562. The smallest absolute Gasteiger partial charge is 0.312 e. The maximum Gasteiger partial charge on any atom is 0.312 e. The first-order chi connectivity index (χ1) is 11.1. The number of piperazine rings is 1. The first-order valence-corrected chi connectivity index (χ1v) is 8.02. The molecule has 7 nitrogen and oxygen atoms in total. The van der Waals surface area contributed by atoms with Crippen LogP contribution in [0.4, 0.5) is 10.5 Å². The molecule has 1 aromatic rings. The number of carbonyl (C=O) groups excluding carboxylic acids is 1. The van der Waals surface area contributed by atoms with Crippen molar-refractivity contribution < 1.29 is 15.0 Å². The van der Waals surface area contributed by atoms with Gasteiger partial charge in [0.25, 0.3) is 0 Å². The van der Waals surface area contributed by atoms with E-state index in [0.717, 1.165) is 26.2 Å². The van der Waals surface area contributed by atoms with Crippen LogP contribution in [0.2, 0.25) is 0 Å². The highest BCUT2D eigenvalue weighted by molar-refractivity contribution is 5.72. The monoisotopic (exact) mass is 320 g/mol. The molecule has 5 N–H and O–H groups in total. The number of hydrogen-bond acceptors (Lipinski definition) is 5. The van der Waals surface area contributed by atoms with Gasteiger partial charge in [-0.1, -0.05) is 18.2 Å². The van der Waals surface area contributed by atoms with E-state index in [4.69, 9.17) is 5.73 Å². The van der Waals surface area contributed by atoms with E-state index in [2.05, 4.69) is 27.2 Å². The lowest BCUT2D eigenvalue weighted by Gasteiger charge is -2.41. The Morgan fingerprint density at radius 2 is 1.78 bits per heavy atom. The van der Waals surface area contributed by atoms with Crippen molar-refractivity contribution in [3.63, 3.8) is 0 Å². The Labute approximate surface area is 135 Å². The van der Waals surface area contributed by atoms with Crippen LogP contribution in [0.3, 0.4) is 0 Å². The van der Waals surface area contributed by atoms with Crippen molar-refractivity contribution in [1.82, 2.24) is 10.2 Å². The maximum atomic E-state index is 11.0. The van der Waals surface area contributed by atoms with E-state index in [0.29, 0.717) is 6.42 Å². The number of urea groups is 1. The predicted octanol–water partition coefficient (Wildman–Crippen LogP) is -0.660. The van der Waals surface area contributed by atoms with Crippen molar-refractivity contribution in [3.05, 3.63) is 30.3 Å². The van der Waals surface area contributed by atoms with Gasteiger partial charge >= 0.3 is 6.03 Å². The molecule has 3 rings (SSSR count). The molecule has 1 saturated heterocycles. The van der Waals surface area contributed by atoms with Gasteiger partial charge in [-0.3, -0.25) is 4.90 Å². The van der Waals surface area contributed by atoms with E-state index in [-0.39, 0.29) is 6.04 Å². The van der Waals surface area contributed by atoms with Gasteiger partial charge in [0.1, 0.15) is 0 Å². The molecule has 0 aromatic heterocycles. The van der Waals surface area contributed by atoms with Gasteiger partial charge in [0.05, 0.1) is 24.3 Å². The molecule has 23 heavy (non-hydrogen) atoms. The van der Waals surface area contributed by atoms with Crippen LogP contribution in [0.15, 0.2) is 30.3 Å². The number of rotatable bonds is 3. The highest BCUT2D eigenvalue weighted by Gasteiger charge is 2.45. The number of benzene rings is 1. The number of primary amides is 1. The third kappa shape index (κ3) is 3.41. The number of nitrogens with zero attached hydrogens (tertiary/aromatic N) is 2. The summed E-state index contributed by atoms with van der Waals surface area (Å²) in [4.78, 5) is 15.4. The van der Waals surface area contributed by atoms with Crippen molar-refractivity contribution in [2.24, 2.45) is 5.73 Å². The summed E-state index contributed by atoms with van der Waals surface area (Å²) < 4.78 is 0. The molecule has 0 bridgehead atoms.